The summed E-state index contributed by atoms with van der Waals surface area (Å²) in [6.45, 7) is 3.78. The predicted molar refractivity (Wildman–Crippen MR) is 118 cm³/mol. The van der Waals surface area contributed by atoms with E-state index in [1.54, 1.807) is 6.92 Å². The number of anilines is 1. The molecule has 0 saturated carbocycles. The normalized spacial score (nSPS) is 13.9. The molecule has 1 N–H and O–H groups in total. The monoisotopic (exact) mass is 424 g/mol. The van der Waals surface area contributed by atoms with Gasteiger partial charge in [0.2, 0.25) is 10.0 Å². The Balaban J connectivity index is 1.35. The number of rotatable bonds is 6. The fourth-order valence-electron chi connectivity index (χ4n) is 3.91. The average Bonchev–Trinajstić information content (AvgIpc) is 2.73. The second-order valence-corrected chi connectivity index (χ2v) is 9.40. The quantitative estimate of drug-likeness (QED) is 0.645. The van der Waals surface area contributed by atoms with E-state index < -0.39 is 15.8 Å². The van der Waals surface area contributed by atoms with Crippen LogP contribution in [0.3, 0.4) is 0 Å². The zero-order valence-corrected chi connectivity index (χ0v) is 17.8. The predicted octanol–water partition coefficient (Wildman–Crippen LogP) is 4.22. The number of hydrogen-bond acceptors (Lipinski definition) is 3. The molecule has 0 aliphatic carbocycles. The maximum Gasteiger partial charge on any atom is 0.240 e. The SMILES string of the molecule is Cc1cc(F)ccc1S(=O)(=O)NCCc1ccc(N2CCc3ccccc3C2)cc1. The molecule has 1 aliphatic rings. The van der Waals surface area contributed by atoms with Gasteiger partial charge >= 0.3 is 0 Å². The van der Waals surface area contributed by atoms with Gasteiger partial charge in [-0.1, -0.05) is 36.4 Å². The number of nitrogens with zero attached hydrogens (tertiary/aromatic N) is 1. The standard InChI is InChI=1S/C24H25FN2O2S/c1-18-16-22(25)8-11-24(18)30(28,29)26-14-12-19-6-9-23(10-7-19)27-15-13-20-4-2-3-5-21(20)17-27/h2-11,16,26H,12-15,17H2,1H3. The van der Waals surface area contributed by atoms with Crippen molar-refractivity contribution in [3.8, 4) is 0 Å². The minimum atomic E-state index is -3.66. The highest BCUT2D eigenvalue weighted by molar-refractivity contribution is 7.89. The maximum absolute atomic E-state index is 13.2. The molecular weight excluding hydrogens is 399 g/mol. The van der Waals surface area contributed by atoms with Crippen molar-refractivity contribution in [1.29, 1.82) is 0 Å². The molecule has 0 unspecified atom stereocenters. The third-order valence-electron chi connectivity index (χ3n) is 5.56. The Labute approximate surface area is 177 Å². The number of halogens is 1. The van der Waals surface area contributed by atoms with Crippen LogP contribution in [0.5, 0.6) is 0 Å². The molecule has 0 radical (unpaired) electrons. The highest BCUT2D eigenvalue weighted by Crippen LogP contribution is 2.24. The highest BCUT2D eigenvalue weighted by Gasteiger charge is 2.17. The van der Waals surface area contributed by atoms with E-state index in [-0.39, 0.29) is 11.4 Å². The highest BCUT2D eigenvalue weighted by atomic mass is 32.2. The van der Waals surface area contributed by atoms with Gasteiger partial charge in [0.05, 0.1) is 4.90 Å². The molecule has 3 aromatic rings. The summed E-state index contributed by atoms with van der Waals surface area (Å²) >= 11 is 0. The number of nitrogens with one attached hydrogen (secondary N) is 1. The van der Waals surface area contributed by atoms with Gasteiger partial charge in [-0.2, -0.15) is 0 Å². The van der Waals surface area contributed by atoms with Crippen LogP contribution in [0.15, 0.2) is 71.6 Å². The number of aryl methyl sites for hydroxylation is 1. The molecule has 0 saturated heterocycles. The minimum absolute atomic E-state index is 0.115. The van der Waals surface area contributed by atoms with Crippen molar-refractivity contribution in [3.05, 3.63) is 94.8 Å². The summed E-state index contributed by atoms with van der Waals surface area (Å²) < 4.78 is 40.8. The lowest BCUT2D eigenvalue weighted by Crippen LogP contribution is -2.30. The van der Waals surface area contributed by atoms with Crippen LogP contribution in [-0.2, 0) is 29.4 Å². The molecule has 0 bridgehead atoms. The molecule has 1 aliphatic heterocycles. The molecule has 0 amide bonds. The number of fused-ring (bicyclic) bond motifs is 1. The molecule has 6 heteroatoms. The lowest BCUT2D eigenvalue weighted by molar-refractivity contribution is 0.580. The first-order chi connectivity index (χ1) is 14.4. The second-order valence-electron chi connectivity index (χ2n) is 7.66. The zero-order chi connectivity index (χ0) is 21.1. The van der Waals surface area contributed by atoms with Gasteiger partial charge in [-0.15, -0.1) is 0 Å². The lowest BCUT2D eigenvalue weighted by Gasteiger charge is -2.30. The van der Waals surface area contributed by atoms with Crippen LogP contribution in [0.2, 0.25) is 0 Å². The topological polar surface area (TPSA) is 49.4 Å². The van der Waals surface area contributed by atoms with Crippen LogP contribution in [-0.4, -0.2) is 21.5 Å². The summed E-state index contributed by atoms with van der Waals surface area (Å²) in [5.41, 5.74) is 5.44. The van der Waals surface area contributed by atoms with E-state index >= 15 is 0 Å². The summed E-state index contributed by atoms with van der Waals surface area (Å²) in [7, 11) is -3.66. The Hall–Kier alpha value is -2.70. The molecule has 156 valence electrons. The van der Waals surface area contributed by atoms with Gasteiger partial charge in [0, 0.05) is 25.3 Å². The van der Waals surface area contributed by atoms with Gasteiger partial charge in [-0.25, -0.2) is 17.5 Å². The molecule has 30 heavy (non-hydrogen) atoms. The van der Waals surface area contributed by atoms with E-state index in [2.05, 4.69) is 46.0 Å². The Bertz CT molecular complexity index is 1140. The van der Waals surface area contributed by atoms with Gasteiger partial charge in [-0.3, -0.25) is 0 Å². The summed E-state index contributed by atoms with van der Waals surface area (Å²) in [4.78, 5) is 2.48. The van der Waals surface area contributed by atoms with Crippen molar-refractivity contribution in [1.82, 2.24) is 4.72 Å². The van der Waals surface area contributed by atoms with Gasteiger partial charge in [0.25, 0.3) is 0 Å². The molecule has 1 heterocycles. The van der Waals surface area contributed by atoms with Crippen molar-refractivity contribution in [2.75, 3.05) is 18.0 Å². The van der Waals surface area contributed by atoms with Gasteiger partial charge < -0.3 is 4.90 Å². The van der Waals surface area contributed by atoms with Crippen molar-refractivity contribution in [2.24, 2.45) is 0 Å². The number of sulfonamides is 1. The number of benzene rings is 3. The lowest BCUT2D eigenvalue weighted by atomic mass is 9.99. The van der Waals surface area contributed by atoms with Crippen LogP contribution >= 0.6 is 0 Å². The first-order valence-electron chi connectivity index (χ1n) is 10.1. The Morgan fingerprint density at radius 3 is 2.47 bits per heavy atom. The molecule has 4 rings (SSSR count). The van der Waals surface area contributed by atoms with Crippen LogP contribution in [0.4, 0.5) is 10.1 Å². The third kappa shape index (κ3) is 4.55. The maximum atomic E-state index is 13.2. The molecule has 4 nitrogen and oxygen atoms in total. The zero-order valence-electron chi connectivity index (χ0n) is 16.9. The molecule has 0 spiro atoms. The molecule has 3 aromatic carbocycles. The first-order valence-corrected chi connectivity index (χ1v) is 11.6. The van der Waals surface area contributed by atoms with Crippen molar-refractivity contribution in [2.45, 2.75) is 31.2 Å². The second kappa shape index (κ2) is 8.58. The number of hydrogen-bond donors (Lipinski definition) is 1. The van der Waals surface area contributed by atoms with Crippen molar-refractivity contribution < 1.29 is 12.8 Å². The fourth-order valence-corrected chi connectivity index (χ4v) is 5.17. The molecule has 0 atom stereocenters. The Morgan fingerprint density at radius 2 is 1.73 bits per heavy atom. The molecule has 0 aromatic heterocycles. The van der Waals surface area contributed by atoms with Crippen LogP contribution in [0.25, 0.3) is 0 Å². The van der Waals surface area contributed by atoms with Gasteiger partial charge in [0.1, 0.15) is 5.82 Å². The molecular formula is C24H25FN2O2S. The van der Waals surface area contributed by atoms with Crippen molar-refractivity contribution in [3.63, 3.8) is 0 Å². The van der Waals surface area contributed by atoms with Gasteiger partial charge in [0.15, 0.2) is 0 Å². The van der Waals surface area contributed by atoms with Crippen LogP contribution in [0.1, 0.15) is 22.3 Å². The third-order valence-corrected chi connectivity index (χ3v) is 7.19. The van der Waals surface area contributed by atoms with E-state index in [9.17, 15) is 12.8 Å². The Kier molecular flexibility index (Phi) is 5.88. The molecule has 0 fully saturated rings. The Morgan fingerprint density at radius 1 is 1.00 bits per heavy atom. The average molecular weight is 425 g/mol. The smallest absolute Gasteiger partial charge is 0.240 e. The summed E-state index contributed by atoms with van der Waals surface area (Å²) in [6, 6.07) is 20.6. The van der Waals surface area contributed by atoms with E-state index in [1.165, 1.54) is 35.0 Å². The van der Waals surface area contributed by atoms with E-state index in [1.807, 2.05) is 12.1 Å². The van der Waals surface area contributed by atoms with E-state index in [0.29, 0.717) is 12.0 Å². The van der Waals surface area contributed by atoms with E-state index in [4.69, 9.17) is 0 Å². The summed E-state index contributed by atoms with van der Waals surface area (Å²) in [5, 5.41) is 0. The minimum Gasteiger partial charge on any atom is -0.367 e. The first kappa shape index (κ1) is 20.6. The van der Waals surface area contributed by atoms with Crippen LogP contribution in [0, 0.1) is 12.7 Å². The van der Waals surface area contributed by atoms with Gasteiger partial charge in [-0.05, 0) is 72.4 Å². The van der Waals surface area contributed by atoms with Crippen LogP contribution < -0.4 is 9.62 Å². The summed E-state index contributed by atoms with van der Waals surface area (Å²) in [5.74, 6) is -0.441. The fraction of sp³-hybridized carbons (Fsp3) is 0.250. The van der Waals surface area contributed by atoms with E-state index in [0.717, 1.165) is 25.1 Å². The van der Waals surface area contributed by atoms with Crippen molar-refractivity contribution >= 4 is 15.7 Å². The largest absolute Gasteiger partial charge is 0.367 e. The summed E-state index contributed by atoms with van der Waals surface area (Å²) in [6.07, 6.45) is 1.63.